The molecule has 7 heteroatoms. The Labute approximate surface area is 141 Å². The van der Waals surface area contributed by atoms with Gasteiger partial charge in [-0.25, -0.2) is 4.79 Å². The zero-order valence-electron chi connectivity index (χ0n) is 14.3. The Morgan fingerprint density at radius 3 is 2.62 bits per heavy atom. The Morgan fingerprint density at radius 1 is 1.33 bits per heavy atom. The predicted molar refractivity (Wildman–Crippen MR) is 89.5 cm³/mol. The van der Waals surface area contributed by atoms with Crippen LogP contribution in [0.5, 0.6) is 5.75 Å². The number of para-hydroxylation sites is 1. The number of carbonyl (C=O) groups is 1. The quantitative estimate of drug-likeness (QED) is 0.639. The Balaban J connectivity index is 2.67. The summed E-state index contributed by atoms with van der Waals surface area (Å²) in [6.45, 7) is 3.35. The van der Waals surface area contributed by atoms with Crippen molar-refractivity contribution in [3.05, 3.63) is 23.8 Å². The van der Waals surface area contributed by atoms with Gasteiger partial charge in [0.2, 0.25) is 0 Å². The summed E-state index contributed by atoms with van der Waals surface area (Å²) in [5.74, 6) is 0.539. The molecule has 1 aromatic rings. The van der Waals surface area contributed by atoms with Crippen LogP contribution in [0, 0.1) is 18.8 Å². The number of ether oxygens (including phenoxy) is 1. The molecule has 5 nitrogen and oxygen atoms in total. The second kappa shape index (κ2) is 10.1. The molecule has 0 radical (unpaired) electrons. The number of amides is 2. The van der Waals surface area contributed by atoms with Crippen LogP contribution in [-0.4, -0.2) is 30.9 Å². The number of hydrogen-bond acceptors (Lipinski definition) is 3. The largest absolute Gasteiger partial charge is 0.433 e. The third-order valence-electron chi connectivity index (χ3n) is 3.58. The second-order valence-corrected chi connectivity index (χ2v) is 6.17. The summed E-state index contributed by atoms with van der Waals surface area (Å²) in [6, 6.07) is 4.16. The average Bonchev–Trinajstić information content (AvgIpc) is 2.47. The predicted octanol–water partition coefficient (Wildman–Crippen LogP) is 3.76. The van der Waals surface area contributed by atoms with E-state index in [1.54, 1.807) is 19.1 Å². The smallest absolute Gasteiger partial charge is 0.387 e. The van der Waals surface area contributed by atoms with E-state index in [0.717, 1.165) is 6.42 Å². The lowest BCUT2D eigenvalue weighted by atomic mass is 9.94. The Morgan fingerprint density at radius 2 is 2.04 bits per heavy atom. The molecule has 0 saturated heterocycles. The Bertz CT molecular complexity index is 525. The number of alkyl halides is 2. The molecule has 0 aliphatic heterocycles. The molecule has 1 atom stereocenters. The summed E-state index contributed by atoms with van der Waals surface area (Å²) in [7, 11) is 0. The number of hydrogen-bond donors (Lipinski definition) is 3. The van der Waals surface area contributed by atoms with Crippen LogP contribution in [0.2, 0.25) is 0 Å². The molecule has 0 aromatic heterocycles. The molecule has 3 N–H and O–H groups in total. The van der Waals surface area contributed by atoms with Gasteiger partial charge in [-0.15, -0.1) is 0 Å². The third kappa shape index (κ3) is 7.12. The molecule has 0 aliphatic carbocycles. The van der Waals surface area contributed by atoms with Gasteiger partial charge in [0.25, 0.3) is 0 Å². The number of rotatable bonds is 9. The molecule has 0 aliphatic rings. The van der Waals surface area contributed by atoms with Crippen LogP contribution in [0.4, 0.5) is 19.3 Å². The summed E-state index contributed by atoms with van der Waals surface area (Å²) in [6.07, 6.45) is 1.48. The maximum atomic E-state index is 12.5. The van der Waals surface area contributed by atoms with Gasteiger partial charge in [0.05, 0.1) is 5.69 Å². The minimum absolute atomic E-state index is 0.0604. The zero-order chi connectivity index (χ0) is 18.1. The van der Waals surface area contributed by atoms with Crippen LogP contribution in [0.15, 0.2) is 18.2 Å². The minimum atomic E-state index is -2.96. The maximum Gasteiger partial charge on any atom is 0.387 e. The van der Waals surface area contributed by atoms with Gasteiger partial charge in [0.1, 0.15) is 5.75 Å². The fraction of sp³-hybridized carbons (Fsp3) is 0.588. The number of aryl methyl sites for hydroxylation is 1. The van der Waals surface area contributed by atoms with Gasteiger partial charge in [-0.3, -0.25) is 0 Å². The van der Waals surface area contributed by atoms with Crippen molar-refractivity contribution in [2.75, 3.05) is 18.5 Å². The van der Waals surface area contributed by atoms with Gasteiger partial charge in [0.15, 0.2) is 0 Å². The Hall–Kier alpha value is -1.89. The first kappa shape index (κ1) is 20.2. The van der Waals surface area contributed by atoms with Crippen LogP contribution >= 0.6 is 0 Å². The minimum Gasteiger partial charge on any atom is -0.433 e. The lowest BCUT2D eigenvalue weighted by molar-refractivity contribution is -0.0493. The van der Waals surface area contributed by atoms with E-state index >= 15 is 0 Å². The van der Waals surface area contributed by atoms with Crippen molar-refractivity contribution >= 4 is 11.7 Å². The average molecular weight is 344 g/mol. The number of urea groups is 1. The number of aliphatic hydroxyl groups excluding tert-OH is 1. The number of carbonyl (C=O) groups excluding carboxylic acids is 1. The molecular weight excluding hydrogens is 318 g/mol. The van der Waals surface area contributed by atoms with Crippen LogP contribution in [0.1, 0.15) is 32.3 Å². The highest BCUT2D eigenvalue weighted by atomic mass is 19.3. The van der Waals surface area contributed by atoms with Gasteiger partial charge >= 0.3 is 12.6 Å². The number of nitrogens with one attached hydrogen (secondary N) is 2. The summed E-state index contributed by atoms with van der Waals surface area (Å²) in [5.41, 5.74) is 0.843. The fourth-order valence-corrected chi connectivity index (χ4v) is 2.54. The van der Waals surface area contributed by atoms with Crippen molar-refractivity contribution in [3.63, 3.8) is 0 Å². The number of halogens is 2. The molecule has 1 aromatic carbocycles. The van der Waals surface area contributed by atoms with Gasteiger partial charge in [-0.2, -0.15) is 8.78 Å². The van der Waals surface area contributed by atoms with E-state index in [1.165, 1.54) is 6.07 Å². The lowest BCUT2D eigenvalue weighted by Gasteiger charge is -2.19. The van der Waals surface area contributed by atoms with Crippen LogP contribution in [0.25, 0.3) is 0 Å². The number of anilines is 1. The van der Waals surface area contributed by atoms with Crippen LogP contribution in [-0.2, 0) is 0 Å². The number of benzene rings is 1. The third-order valence-corrected chi connectivity index (χ3v) is 3.58. The first-order valence-corrected chi connectivity index (χ1v) is 8.03. The molecule has 1 rings (SSSR count). The van der Waals surface area contributed by atoms with E-state index in [0.29, 0.717) is 24.4 Å². The van der Waals surface area contributed by atoms with Gasteiger partial charge in [-0.05, 0) is 43.2 Å². The molecule has 0 bridgehead atoms. The van der Waals surface area contributed by atoms with E-state index in [2.05, 4.69) is 29.2 Å². The molecular formula is C17H26F2N2O3. The van der Waals surface area contributed by atoms with Crippen molar-refractivity contribution in [2.24, 2.45) is 11.8 Å². The van der Waals surface area contributed by atoms with E-state index in [4.69, 9.17) is 5.11 Å². The highest BCUT2D eigenvalue weighted by molar-refractivity contribution is 5.91. The first-order chi connectivity index (χ1) is 11.3. The van der Waals surface area contributed by atoms with Crippen molar-refractivity contribution in [1.29, 1.82) is 0 Å². The molecule has 0 spiro atoms. The molecule has 0 heterocycles. The summed E-state index contributed by atoms with van der Waals surface area (Å²) < 4.78 is 29.3. The number of aliphatic hydroxyl groups is 1. The second-order valence-electron chi connectivity index (χ2n) is 6.17. The highest BCUT2D eigenvalue weighted by Gasteiger charge is 2.16. The monoisotopic (exact) mass is 344 g/mol. The van der Waals surface area contributed by atoms with Gasteiger partial charge < -0.3 is 20.5 Å². The van der Waals surface area contributed by atoms with Gasteiger partial charge in [-0.1, -0.05) is 26.0 Å². The van der Waals surface area contributed by atoms with E-state index in [-0.39, 0.29) is 24.0 Å². The molecule has 136 valence electrons. The van der Waals surface area contributed by atoms with Crippen molar-refractivity contribution in [2.45, 2.75) is 40.2 Å². The first-order valence-electron chi connectivity index (χ1n) is 8.03. The van der Waals surface area contributed by atoms with Crippen molar-refractivity contribution in [1.82, 2.24) is 5.32 Å². The molecule has 0 saturated carbocycles. The van der Waals surface area contributed by atoms with E-state index in [1.807, 2.05) is 0 Å². The van der Waals surface area contributed by atoms with E-state index < -0.39 is 12.6 Å². The van der Waals surface area contributed by atoms with Crippen molar-refractivity contribution in [3.8, 4) is 5.75 Å². The Kier molecular flexibility index (Phi) is 8.46. The maximum absolute atomic E-state index is 12.5. The van der Waals surface area contributed by atoms with Gasteiger partial charge in [0, 0.05) is 13.2 Å². The van der Waals surface area contributed by atoms with E-state index in [9.17, 15) is 13.6 Å². The van der Waals surface area contributed by atoms with Crippen LogP contribution < -0.4 is 15.4 Å². The normalized spacial score (nSPS) is 12.3. The topological polar surface area (TPSA) is 70.6 Å². The zero-order valence-corrected chi connectivity index (χ0v) is 14.3. The summed E-state index contributed by atoms with van der Waals surface area (Å²) in [5, 5.41) is 14.4. The van der Waals surface area contributed by atoms with Crippen LogP contribution in [0.3, 0.4) is 0 Å². The highest BCUT2D eigenvalue weighted by Crippen LogP contribution is 2.29. The summed E-state index contributed by atoms with van der Waals surface area (Å²) >= 11 is 0. The van der Waals surface area contributed by atoms with Crippen molar-refractivity contribution < 1.29 is 23.4 Å². The fourth-order valence-electron chi connectivity index (χ4n) is 2.54. The molecule has 2 amide bonds. The summed E-state index contributed by atoms with van der Waals surface area (Å²) in [4.78, 5) is 12.1. The molecule has 24 heavy (non-hydrogen) atoms. The molecule has 1 unspecified atom stereocenters. The molecule has 0 fully saturated rings. The standard InChI is InChI=1S/C17H26F2N2O3/c1-11(2)9-13(7-8-22)10-20-17(23)21-15-12(3)5-4-6-14(15)24-16(18)19/h4-6,11,13,16,22H,7-10H2,1-3H3,(H2,20,21,23). The lowest BCUT2D eigenvalue weighted by Crippen LogP contribution is -2.34. The SMILES string of the molecule is Cc1cccc(OC(F)F)c1NC(=O)NCC(CCO)CC(C)C.